The number of benzene rings is 2. The lowest BCUT2D eigenvalue weighted by molar-refractivity contribution is 0.151. The van der Waals surface area contributed by atoms with Crippen molar-refractivity contribution in [2.24, 2.45) is 0 Å². The molecule has 2 atom stereocenters. The average Bonchev–Trinajstić information content (AvgIpc) is 2.85. The second kappa shape index (κ2) is 5.40. The topological polar surface area (TPSA) is 20.2 Å². The van der Waals surface area contributed by atoms with Gasteiger partial charge >= 0.3 is 0 Å². The summed E-state index contributed by atoms with van der Waals surface area (Å²) in [7, 11) is 0. The summed E-state index contributed by atoms with van der Waals surface area (Å²) >= 11 is 1.86. The van der Waals surface area contributed by atoms with Crippen LogP contribution in [0.3, 0.4) is 0 Å². The number of aryl methyl sites for hydroxylation is 1. The molecule has 98 valence electrons. The summed E-state index contributed by atoms with van der Waals surface area (Å²) in [4.78, 5) is 1.33. The van der Waals surface area contributed by atoms with Crippen molar-refractivity contribution in [3.8, 4) is 0 Å². The fourth-order valence-electron chi connectivity index (χ4n) is 2.71. The summed E-state index contributed by atoms with van der Waals surface area (Å²) in [5.41, 5.74) is 3.83. The lowest BCUT2D eigenvalue weighted by atomic mass is 9.90. The molecule has 1 aliphatic rings. The van der Waals surface area contributed by atoms with Crippen molar-refractivity contribution in [1.82, 2.24) is 0 Å². The van der Waals surface area contributed by atoms with Crippen molar-refractivity contribution in [3.05, 3.63) is 65.2 Å². The summed E-state index contributed by atoms with van der Waals surface area (Å²) < 4.78 is 0. The van der Waals surface area contributed by atoms with Crippen LogP contribution in [0.25, 0.3) is 0 Å². The van der Waals surface area contributed by atoms with Gasteiger partial charge < -0.3 is 5.11 Å². The largest absolute Gasteiger partial charge is 0.392 e. The van der Waals surface area contributed by atoms with Gasteiger partial charge in [-0.2, -0.15) is 0 Å². The molecule has 0 fully saturated rings. The van der Waals surface area contributed by atoms with Crippen molar-refractivity contribution in [2.45, 2.75) is 30.3 Å². The molecule has 1 heterocycles. The standard InChI is InChI=1S/C17H18OS/c1-12-6-2-3-7-13(12)10-16(18)15-11-19-17-9-5-4-8-14(15)17/h2-9,15-16,18H,10-11H2,1H3. The van der Waals surface area contributed by atoms with Gasteiger partial charge in [0.05, 0.1) is 6.10 Å². The van der Waals surface area contributed by atoms with Crippen molar-refractivity contribution in [1.29, 1.82) is 0 Å². The summed E-state index contributed by atoms with van der Waals surface area (Å²) in [5.74, 6) is 1.26. The Morgan fingerprint density at radius 1 is 1.16 bits per heavy atom. The Labute approximate surface area is 118 Å². The minimum absolute atomic E-state index is 0.265. The SMILES string of the molecule is Cc1ccccc1CC(O)C1CSc2ccccc21. The molecule has 1 N–H and O–H groups in total. The quantitative estimate of drug-likeness (QED) is 0.915. The van der Waals surface area contributed by atoms with Gasteiger partial charge in [0.2, 0.25) is 0 Å². The number of thioether (sulfide) groups is 1. The molecular weight excluding hydrogens is 252 g/mol. The van der Waals surface area contributed by atoms with Crippen LogP contribution in [0.15, 0.2) is 53.4 Å². The number of hydrogen-bond donors (Lipinski definition) is 1. The molecule has 3 rings (SSSR count). The highest BCUT2D eigenvalue weighted by atomic mass is 32.2. The third-order valence-electron chi connectivity index (χ3n) is 3.89. The zero-order valence-corrected chi connectivity index (χ0v) is 11.9. The van der Waals surface area contributed by atoms with E-state index >= 15 is 0 Å². The molecule has 2 aromatic rings. The zero-order chi connectivity index (χ0) is 13.2. The Morgan fingerprint density at radius 2 is 1.89 bits per heavy atom. The van der Waals surface area contributed by atoms with Crippen LogP contribution in [0.1, 0.15) is 22.6 Å². The third-order valence-corrected chi connectivity index (χ3v) is 5.10. The first-order valence-corrected chi connectivity index (χ1v) is 7.68. The normalized spacial score (nSPS) is 19.2. The molecule has 0 spiro atoms. The first-order chi connectivity index (χ1) is 9.25. The maximum Gasteiger partial charge on any atom is 0.0657 e. The number of aliphatic hydroxyl groups excluding tert-OH is 1. The van der Waals surface area contributed by atoms with Crippen LogP contribution in [-0.2, 0) is 6.42 Å². The van der Waals surface area contributed by atoms with Crippen LogP contribution in [0.4, 0.5) is 0 Å². The maximum absolute atomic E-state index is 10.6. The van der Waals surface area contributed by atoms with Gasteiger partial charge in [0.15, 0.2) is 0 Å². The van der Waals surface area contributed by atoms with E-state index in [2.05, 4.69) is 43.3 Å². The van der Waals surface area contributed by atoms with Crippen LogP contribution < -0.4 is 0 Å². The molecule has 0 aliphatic carbocycles. The first kappa shape index (κ1) is 12.8. The van der Waals surface area contributed by atoms with Crippen LogP contribution >= 0.6 is 11.8 Å². The third kappa shape index (κ3) is 2.56. The smallest absolute Gasteiger partial charge is 0.0657 e. The monoisotopic (exact) mass is 270 g/mol. The maximum atomic E-state index is 10.6. The minimum Gasteiger partial charge on any atom is -0.392 e. The van der Waals surface area contributed by atoms with Gasteiger partial charge in [-0.05, 0) is 36.1 Å². The van der Waals surface area contributed by atoms with Gasteiger partial charge in [-0.25, -0.2) is 0 Å². The van der Waals surface area contributed by atoms with Gasteiger partial charge in [0, 0.05) is 16.6 Å². The zero-order valence-electron chi connectivity index (χ0n) is 11.0. The van der Waals surface area contributed by atoms with E-state index in [0.29, 0.717) is 0 Å². The fraction of sp³-hybridized carbons (Fsp3) is 0.294. The summed E-state index contributed by atoms with van der Waals surface area (Å²) in [6.45, 7) is 2.11. The van der Waals surface area contributed by atoms with Crippen LogP contribution in [0.5, 0.6) is 0 Å². The van der Waals surface area contributed by atoms with Crippen LogP contribution in [0, 0.1) is 6.92 Å². The Kier molecular flexibility index (Phi) is 3.63. The lowest BCUT2D eigenvalue weighted by Gasteiger charge is -2.19. The van der Waals surface area contributed by atoms with Crippen molar-refractivity contribution >= 4 is 11.8 Å². The molecule has 0 aromatic heterocycles. The Hall–Kier alpha value is -1.25. The summed E-state index contributed by atoms with van der Waals surface area (Å²) in [5, 5.41) is 10.6. The molecule has 0 amide bonds. The number of hydrogen-bond acceptors (Lipinski definition) is 2. The highest BCUT2D eigenvalue weighted by Crippen LogP contribution is 2.41. The Morgan fingerprint density at radius 3 is 2.74 bits per heavy atom. The molecule has 0 saturated carbocycles. The Bertz CT molecular complexity index is 579. The molecule has 2 unspecified atom stereocenters. The van der Waals surface area contributed by atoms with E-state index in [1.54, 1.807) is 0 Å². The minimum atomic E-state index is -0.294. The van der Waals surface area contributed by atoms with E-state index < -0.39 is 0 Å². The van der Waals surface area contributed by atoms with E-state index in [1.807, 2.05) is 23.9 Å². The number of rotatable bonds is 3. The van der Waals surface area contributed by atoms with Gasteiger partial charge in [0.25, 0.3) is 0 Å². The highest BCUT2D eigenvalue weighted by molar-refractivity contribution is 7.99. The first-order valence-electron chi connectivity index (χ1n) is 6.70. The van der Waals surface area contributed by atoms with E-state index in [-0.39, 0.29) is 12.0 Å². The summed E-state index contributed by atoms with van der Waals surface area (Å²) in [6.07, 6.45) is 0.448. The van der Waals surface area contributed by atoms with E-state index in [0.717, 1.165) is 12.2 Å². The van der Waals surface area contributed by atoms with Gasteiger partial charge in [-0.3, -0.25) is 0 Å². The second-order valence-electron chi connectivity index (χ2n) is 5.15. The van der Waals surface area contributed by atoms with E-state index in [9.17, 15) is 5.11 Å². The molecule has 2 aromatic carbocycles. The van der Waals surface area contributed by atoms with Gasteiger partial charge in [0.1, 0.15) is 0 Å². The second-order valence-corrected chi connectivity index (χ2v) is 6.22. The van der Waals surface area contributed by atoms with E-state index in [1.165, 1.54) is 21.6 Å². The highest BCUT2D eigenvalue weighted by Gasteiger charge is 2.29. The molecule has 1 nitrogen and oxygen atoms in total. The predicted octanol–water partition coefficient (Wildman–Crippen LogP) is 3.79. The van der Waals surface area contributed by atoms with E-state index in [4.69, 9.17) is 0 Å². The summed E-state index contributed by atoms with van der Waals surface area (Å²) in [6, 6.07) is 16.8. The Balaban J connectivity index is 1.79. The number of fused-ring (bicyclic) bond motifs is 1. The molecule has 0 saturated heterocycles. The predicted molar refractivity (Wildman–Crippen MR) is 80.8 cm³/mol. The van der Waals surface area contributed by atoms with Crippen LogP contribution in [0.2, 0.25) is 0 Å². The molecule has 0 bridgehead atoms. The lowest BCUT2D eigenvalue weighted by Crippen LogP contribution is -2.21. The molecule has 0 radical (unpaired) electrons. The molecule has 19 heavy (non-hydrogen) atoms. The molecular formula is C17H18OS. The van der Waals surface area contributed by atoms with Gasteiger partial charge in [-0.15, -0.1) is 11.8 Å². The fourth-order valence-corrected chi connectivity index (χ4v) is 4.03. The average molecular weight is 270 g/mol. The van der Waals surface area contributed by atoms with Crippen LogP contribution in [-0.4, -0.2) is 17.0 Å². The molecule has 1 aliphatic heterocycles. The molecule has 2 heteroatoms. The van der Waals surface area contributed by atoms with Gasteiger partial charge in [-0.1, -0.05) is 42.5 Å². The van der Waals surface area contributed by atoms with Crippen molar-refractivity contribution < 1.29 is 5.11 Å². The van der Waals surface area contributed by atoms with Crippen molar-refractivity contribution in [2.75, 3.05) is 5.75 Å². The van der Waals surface area contributed by atoms with Crippen molar-refractivity contribution in [3.63, 3.8) is 0 Å². The number of aliphatic hydroxyl groups is 1.